The summed E-state index contributed by atoms with van der Waals surface area (Å²) < 4.78 is -0.176. The molecule has 1 aliphatic rings. The molecule has 0 bridgehead atoms. The lowest BCUT2D eigenvalue weighted by atomic mass is 10.1. The maximum atomic E-state index is 11.7. The molecule has 0 aromatic heterocycles. The lowest BCUT2D eigenvalue weighted by Gasteiger charge is -2.16. The first-order valence-electron chi connectivity index (χ1n) is 4.52. The van der Waals surface area contributed by atoms with E-state index in [1.54, 1.807) is 0 Å². The van der Waals surface area contributed by atoms with Gasteiger partial charge in [0.2, 0.25) is 5.91 Å². The fourth-order valence-electron chi connectivity index (χ4n) is 1.13. The molecule has 1 fully saturated rings. The van der Waals surface area contributed by atoms with Crippen molar-refractivity contribution in [2.45, 2.75) is 42.9 Å². The molecular weight excluding hydrogens is 298 g/mol. The van der Waals surface area contributed by atoms with Crippen molar-refractivity contribution in [3.63, 3.8) is 0 Å². The van der Waals surface area contributed by atoms with E-state index >= 15 is 0 Å². The van der Waals surface area contributed by atoms with E-state index in [2.05, 4.69) is 44.1 Å². The highest BCUT2D eigenvalue weighted by Crippen LogP contribution is 2.66. The standard InChI is InChI=1S/C9H15Br2NO/c1-4-6(2)12-7(13)8(3)5-9(8,10)11/h6H,4-5H2,1-3H3,(H,12,13)/t6-,8+/m1/s1. The number of halogens is 2. The van der Waals surface area contributed by atoms with Crippen molar-refractivity contribution in [2.24, 2.45) is 5.41 Å². The fraction of sp³-hybridized carbons (Fsp3) is 0.889. The minimum atomic E-state index is -0.281. The second-order valence-corrected chi connectivity index (χ2v) is 7.77. The molecule has 1 aliphatic carbocycles. The molecule has 1 rings (SSSR count). The third-order valence-electron chi connectivity index (χ3n) is 2.75. The van der Waals surface area contributed by atoms with Gasteiger partial charge in [0, 0.05) is 6.04 Å². The van der Waals surface area contributed by atoms with Crippen molar-refractivity contribution in [1.29, 1.82) is 0 Å². The highest BCUT2D eigenvalue weighted by molar-refractivity contribution is 9.25. The van der Waals surface area contributed by atoms with Gasteiger partial charge in [0.1, 0.15) is 0 Å². The predicted molar refractivity (Wildman–Crippen MR) is 61.2 cm³/mol. The molecule has 1 amide bonds. The Labute approximate surface area is 96.1 Å². The molecule has 0 saturated heterocycles. The van der Waals surface area contributed by atoms with Crippen molar-refractivity contribution >= 4 is 37.8 Å². The average molecular weight is 313 g/mol. The molecule has 0 aromatic carbocycles. The lowest BCUT2D eigenvalue weighted by molar-refractivity contribution is -0.126. The van der Waals surface area contributed by atoms with Crippen LogP contribution in [0.25, 0.3) is 0 Å². The van der Waals surface area contributed by atoms with Crippen LogP contribution in [0.15, 0.2) is 0 Å². The molecule has 0 aromatic rings. The summed E-state index contributed by atoms with van der Waals surface area (Å²) >= 11 is 6.95. The molecular formula is C9H15Br2NO. The number of hydrogen-bond donors (Lipinski definition) is 1. The normalized spacial score (nSPS) is 32.4. The minimum Gasteiger partial charge on any atom is -0.353 e. The van der Waals surface area contributed by atoms with Gasteiger partial charge in [0.15, 0.2) is 0 Å². The summed E-state index contributed by atoms with van der Waals surface area (Å²) in [6.45, 7) is 6.05. The minimum absolute atomic E-state index is 0.135. The largest absolute Gasteiger partial charge is 0.353 e. The molecule has 2 atom stereocenters. The van der Waals surface area contributed by atoms with Crippen LogP contribution in [0.4, 0.5) is 0 Å². The number of hydrogen-bond acceptors (Lipinski definition) is 1. The zero-order valence-electron chi connectivity index (χ0n) is 8.16. The van der Waals surface area contributed by atoms with Crippen molar-refractivity contribution in [3.05, 3.63) is 0 Å². The van der Waals surface area contributed by atoms with Crippen LogP contribution in [0.3, 0.4) is 0 Å². The molecule has 0 unspecified atom stereocenters. The Kier molecular flexibility index (Phi) is 3.13. The van der Waals surface area contributed by atoms with Crippen LogP contribution in [-0.4, -0.2) is 15.2 Å². The number of carbonyl (C=O) groups is 1. The monoisotopic (exact) mass is 311 g/mol. The third kappa shape index (κ3) is 2.09. The molecule has 0 heterocycles. The molecule has 76 valence electrons. The van der Waals surface area contributed by atoms with Crippen LogP contribution in [0.2, 0.25) is 0 Å². The Bertz CT molecular complexity index is 230. The topological polar surface area (TPSA) is 29.1 Å². The van der Waals surface area contributed by atoms with Crippen molar-refractivity contribution in [2.75, 3.05) is 0 Å². The molecule has 4 heteroatoms. The van der Waals surface area contributed by atoms with Gasteiger partial charge < -0.3 is 5.32 Å². The third-order valence-corrected chi connectivity index (χ3v) is 5.06. The number of nitrogens with one attached hydrogen (secondary N) is 1. The summed E-state index contributed by atoms with van der Waals surface area (Å²) in [5.41, 5.74) is -0.281. The predicted octanol–water partition coefficient (Wildman–Crippen LogP) is 2.80. The van der Waals surface area contributed by atoms with E-state index in [4.69, 9.17) is 0 Å². The fourth-order valence-corrected chi connectivity index (χ4v) is 2.61. The maximum absolute atomic E-state index is 11.7. The van der Waals surface area contributed by atoms with E-state index < -0.39 is 0 Å². The molecule has 2 nitrogen and oxygen atoms in total. The van der Waals surface area contributed by atoms with Crippen molar-refractivity contribution < 1.29 is 4.79 Å². The van der Waals surface area contributed by atoms with Gasteiger partial charge >= 0.3 is 0 Å². The van der Waals surface area contributed by atoms with Crippen molar-refractivity contribution in [3.8, 4) is 0 Å². The summed E-state index contributed by atoms with van der Waals surface area (Å²) in [6, 6.07) is 0.265. The summed E-state index contributed by atoms with van der Waals surface area (Å²) in [5.74, 6) is 0.135. The van der Waals surface area contributed by atoms with Gasteiger partial charge in [-0.05, 0) is 26.7 Å². The van der Waals surface area contributed by atoms with E-state index in [1.807, 2.05) is 13.8 Å². The van der Waals surface area contributed by atoms with Crippen LogP contribution >= 0.6 is 31.9 Å². The van der Waals surface area contributed by atoms with Crippen molar-refractivity contribution in [1.82, 2.24) is 5.32 Å². The second-order valence-electron chi connectivity index (χ2n) is 4.00. The van der Waals surface area contributed by atoms with Gasteiger partial charge in [-0.3, -0.25) is 4.79 Å². The highest BCUT2D eigenvalue weighted by Gasteiger charge is 2.66. The quantitative estimate of drug-likeness (QED) is 0.798. The van der Waals surface area contributed by atoms with E-state index in [0.29, 0.717) is 0 Å². The molecule has 0 radical (unpaired) electrons. The first-order chi connectivity index (χ1) is 5.83. The highest BCUT2D eigenvalue weighted by atomic mass is 79.9. The maximum Gasteiger partial charge on any atom is 0.228 e. The van der Waals surface area contributed by atoms with E-state index in [-0.39, 0.29) is 20.6 Å². The van der Waals surface area contributed by atoms with Gasteiger partial charge in [0.05, 0.1) is 8.65 Å². The van der Waals surface area contributed by atoms with Gasteiger partial charge in [-0.1, -0.05) is 38.8 Å². The van der Waals surface area contributed by atoms with E-state index in [1.165, 1.54) is 0 Å². The Balaban J connectivity index is 2.51. The Morgan fingerprint density at radius 1 is 1.62 bits per heavy atom. The van der Waals surface area contributed by atoms with E-state index in [9.17, 15) is 4.79 Å². The molecule has 1 N–H and O–H groups in total. The molecule has 0 aliphatic heterocycles. The van der Waals surface area contributed by atoms with E-state index in [0.717, 1.165) is 12.8 Å². The van der Waals surface area contributed by atoms with Crippen LogP contribution in [0.1, 0.15) is 33.6 Å². The first-order valence-corrected chi connectivity index (χ1v) is 6.11. The summed E-state index contributed by atoms with van der Waals surface area (Å²) in [5, 5.41) is 2.99. The number of rotatable bonds is 3. The smallest absolute Gasteiger partial charge is 0.228 e. The lowest BCUT2D eigenvalue weighted by Crippen LogP contribution is -2.38. The summed E-state index contributed by atoms with van der Waals surface area (Å²) in [6.07, 6.45) is 1.82. The number of carbonyl (C=O) groups excluding carboxylic acids is 1. The Morgan fingerprint density at radius 2 is 2.08 bits per heavy atom. The van der Waals surface area contributed by atoms with Gasteiger partial charge in [-0.15, -0.1) is 0 Å². The second kappa shape index (κ2) is 3.54. The Hall–Kier alpha value is 0.430. The first kappa shape index (κ1) is 11.5. The summed E-state index contributed by atoms with van der Waals surface area (Å²) in [4.78, 5) is 11.7. The van der Waals surface area contributed by atoms with Crippen LogP contribution in [0, 0.1) is 5.41 Å². The Morgan fingerprint density at radius 3 is 2.38 bits per heavy atom. The number of alkyl halides is 2. The molecule has 13 heavy (non-hydrogen) atoms. The summed E-state index contributed by atoms with van der Waals surface area (Å²) in [7, 11) is 0. The zero-order chi connectivity index (χ0) is 10.3. The van der Waals surface area contributed by atoms with Gasteiger partial charge in [0.25, 0.3) is 0 Å². The molecule has 1 saturated carbocycles. The van der Waals surface area contributed by atoms with Gasteiger partial charge in [-0.2, -0.15) is 0 Å². The van der Waals surface area contributed by atoms with Gasteiger partial charge in [-0.25, -0.2) is 0 Å². The molecule has 0 spiro atoms. The zero-order valence-corrected chi connectivity index (χ0v) is 11.3. The average Bonchev–Trinajstić information content (AvgIpc) is 2.52. The van der Waals surface area contributed by atoms with Crippen LogP contribution in [-0.2, 0) is 4.79 Å². The number of amides is 1. The van der Waals surface area contributed by atoms with Crippen LogP contribution < -0.4 is 5.32 Å². The SMILES string of the molecule is CC[C@@H](C)NC(=O)[C@]1(C)CC1(Br)Br. The van der Waals surface area contributed by atoms with Crippen LogP contribution in [0.5, 0.6) is 0 Å².